The second-order valence-corrected chi connectivity index (χ2v) is 10.6. The predicted octanol–water partition coefficient (Wildman–Crippen LogP) is 3.97. The largest absolute Gasteiger partial charge is 0.323 e. The Morgan fingerprint density at radius 2 is 1.78 bits per heavy atom. The monoisotopic (exact) mass is 482 g/mol. The van der Waals surface area contributed by atoms with E-state index in [0.717, 1.165) is 23.5 Å². The molecule has 5 nitrogen and oxygen atoms in total. The molecule has 1 saturated heterocycles. The van der Waals surface area contributed by atoms with Crippen LogP contribution in [0.4, 0.5) is 18.9 Å². The number of nitrogens with zero attached hydrogens (tertiary/aromatic N) is 1. The van der Waals surface area contributed by atoms with E-state index in [1.54, 1.807) is 6.07 Å². The standard InChI is InChI=1S/C16H14BrF3N2O3S2/c17-12-3-4-13(26-12)27(24,25)22-7-5-9(6-8-22)16(23)21-11-2-1-10(18)14(19)15(11)20/h1-4,9H,5-8H2,(H,21,23). The topological polar surface area (TPSA) is 66.5 Å². The lowest BCUT2D eigenvalue weighted by molar-refractivity contribution is -0.120. The average Bonchev–Trinajstić information content (AvgIpc) is 3.09. The van der Waals surface area contributed by atoms with Crippen LogP contribution in [0, 0.1) is 23.4 Å². The Morgan fingerprint density at radius 1 is 1.11 bits per heavy atom. The zero-order chi connectivity index (χ0) is 19.8. The smallest absolute Gasteiger partial charge is 0.252 e. The van der Waals surface area contributed by atoms with Crippen LogP contribution in [-0.4, -0.2) is 31.7 Å². The van der Waals surface area contributed by atoms with E-state index in [4.69, 9.17) is 0 Å². The molecule has 1 aliphatic heterocycles. The number of halogens is 4. The van der Waals surface area contributed by atoms with Gasteiger partial charge in [0.2, 0.25) is 5.91 Å². The average molecular weight is 483 g/mol. The number of anilines is 1. The Bertz CT molecular complexity index is 973. The fraction of sp³-hybridized carbons (Fsp3) is 0.312. The molecular formula is C16H14BrF3N2O3S2. The van der Waals surface area contributed by atoms with Crippen LogP contribution in [0.15, 0.2) is 32.3 Å². The van der Waals surface area contributed by atoms with Crippen LogP contribution < -0.4 is 5.32 Å². The summed E-state index contributed by atoms with van der Waals surface area (Å²) in [6.07, 6.45) is 0.478. The number of benzene rings is 1. The SMILES string of the molecule is O=C(Nc1ccc(F)c(F)c1F)C1CCN(S(=O)(=O)c2ccc(Br)s2)CC1. The summed E-state index contributed by atoms with van der Waals surface area (Å²) < 4.78 is 67.2. The first-order valence-electron chi connectivity index (χ1n) is 7.90. The van der Waals surface area contributed by atoms with Gasteiger partial charge in [0.25, 0.3) is 10.0 Å². The summed E-state index contributed by atoms with van der Waals surface area (Å²) in [5.41, 5.74) is -0.447. The summed E-state index contributed by atoms with van der Waals surface area (Å²) in [4.78, 5) is 12.3. The summed E-state index contributed by atoms with van der Waals surface area (Å²) >= 11 is 4.33. The minimum atomic E-state index is -3.63. The van der Waals surface area contributed by atoms with Crippen molar-refractivity contribution >= 4 is 48.9 Å². The second kappa shape index (κ2) is 7.90. The highest BCUT2D eigenvalue weighted by molar-refractivity contribution is 9.11. The van der Waals surface area contributed by atoms with Crippen LogP contribution in [0.3, 0.4) is 0 Å². The molecule has 0 bridgehead atoms. The van der Waals surface area contributed by atoms with E-state index in [-0.39, 0.29) is 30.1 Å². The normalized spacial score (nSPS) is 16.4. The van der Waals surface area contributed by atoms with E-state index < -0.39 is 45.0 Å². The number of hydrogen-bond donors (Lipinski definition) is 1. The van der Waals surface area contributed by atoms with Crippen molar-refractivity contribution in [1.29, 1.82) is 0 Å². The highest BCUT2D eigenvalue weighted by Crippen LogP contribution is 2.31. The number of piperidine rings is 1. The van der Waals surface area contributed by atoms with Gasteiger partial charge in [-0.25, -0.2) is 21.6 Å². The van der Waals surface area contributed by atoms with Gasteiger partial charge in [0.05, 0.1) is 9.47 Å². The predicted molar refractivity (Wildman–Crippen MR) is 98.4 cm³/mol. The number of amides is 1. The molecule has 1 aromatic heterocycles. The highest BCUT2D eigenvalue weighted by Gasteiger charge is 2.33. The van der Waals surface area contributed by atoms with E-state index in [0.29, 0.717) is 3.79 Å². The molecule has 1 amide bonds. The summed E-state index contributed by atoms with van der Waals surface area (Å²) in [7, 11) is -3.63. The maximum atomic E-state index is 13.7. The molecule has 1 aliphatic rings. The molecule has 0 saturated carbocycles. The maximum Gasteiger partial charge on any atom is 0.252 e. The Hall–Kier alpha value is -1.43. The first-order chi connectivity index (χ1) is 12.7. The number of hydrogen-bond acceptors (Lipinski definition) is 4. The molecule has 3 rings (SSSR count). The van der Waals surface area contributed by atoms with Crippen molar-refractivity contribution in [2.24, 2.45) is 5.92 Å². The fourth-order valence-electron chi connectivity index (χ4n) is 2.78. The van der Waals surface area contributed by atoms with Crippen LogP contribution >= 0.6 is 27.3 Å². The van der Waals surface area contributed by atoms with Crippen LogP contribution in [0.25, 0.3) is 0 Å². The molecule has 27 heavy (non-hydrogen) atoms. The molecule has 1 fully saturated rings. The summed E-state index contributed by atoms with van der Waals surface area (Å²) in [5, 5.41) is 2.24. The van der Waals surface area contributed by atoms with E-state index in [2.05, 4.69) is 21.2 Å². The van der Waals surface area contributed by atoms with Gasteiger partial charge in [0, 0.05) is 19.0 Å². The minimum absolute atomic E-state index is 0.135. The maximum absolute atomic E-state index is 13.7. The molecular weight excluding hydrogens is 469 g/mol. The summed E-state index contributed by atoms with van der Waals surface area (Å²) in [5.74, 6) is -5.58. The molecule has 0 unspecified atom stereocenters. The van der Waals surface area contributed by atoms with Crippen molar-refractivity contribution in [2.75, 3.05) is 18.4 Å². The Morgan fingerprint density at radius 3 is 2.37 bits per heavy atom. The Kier molecular flexibility index (Phi) is 5.94. The molecule has 0 atom stereocenters. The Labute approximate surface area is 166 Å². The van der Waals surface area contributed by atoms with Crippen molar-refractivity contribution in [3.63, 3.8) is 0 Å². The lowest BCUT2D eigenvalue weighted by atomic mass is 9.97. The van der Waals surface area contributed by atoms with Gasteiger partial charge in [-0.2, -0.15) is 4.31 Å². The number of rotatable bonds is 4. The van der Waals surface area contributed by atoms with E-state index in [1.165, 1.54) is 10.4 Å². The van der Waals surface area contributed by atoms with Crippen molar-refractivity contribution < 1.29 is 26.4 Å². The lowest BCUT2D eigenvalue weighted by Crippen LogP contribution is -2.41. The van der Waals surface area contributed by atoms with Gasteiger partial charge in [-0.15, -0.1) is 11.3 Å². The van der Waals surface area contributed by atoms with E-state index in [9.17, 15) is 26.4 Å². The van der Waals surface area contributed by atoms with Crippen LogP contribution in [0.1, 0.15) is 12.8 Å². The van der Waals surface area contributed by atoms with Gasteiger partial charge in [-0.1, -0.05) is 0 Å². The van der Waals surface area contributed by atoms with Gasteiger partial charge in [-0.05, 0) is 53.0 Å². The number of carbonyl (C=O) groups excluding carboxylic acids is 1. The lowest BCUT2D eigenvalue weighted by Gasteiger charge is -2.30. The Balaban J connectivity index is 1.64. The summed E-state index contributed by atoms with van der Waals surface area (Å²) in [6.45, 7) is 0.270. The molecule has 146 valence electrons. The fourth-order valence-corrected chi connectivity index (χ4v) is 6.41. The van der Waals surface area contributed by atoms with Gasteiger partial charge in [0.15, 0.2) is 17.5 Å². The molecule has 1 N–H and O–H groups in total. The molecule has 0 spiro atoms. The van der Waals surface area contributed by atoms with Crippen molar-refractivity contribution in [1.82, 2.24) is 4.31 Å². The van der Waals surface area contributed by atoms with Gasteiger partial charge in [0.1, 0.15) is 4.21 Å². The third-order valence-corrected chi connectivity index (χ3v) is 8.25. The first kappa shape index (κ1) is 20.3. The van der Waals surface area contributed by atoms with Crippen LogP contribution in [0.2, 0.25) is 0 Å². The molecule has 2 aromatic rings. The molecule has 0 radical (unpaired) electrons. The van der Waals surface area contributed by atoms with Gasteiger partial charge in [-0.3, -0.25) is 4.79 Å². The van der Waals surface area contributed by atoms with Crippen molar-refractivity contribution in [2.45, 2.75) is 17.1 Å². The summed E-state index contributed by atoms with van der Waals surface area (Å²) in [6, 6.07) is 4.82. The zero-order valence-corrected chi connectivity index (χ0v) is 16.9. The quantitative estimate of drug-likeness (QED) is 0.670. The zero-order valence-electron chi connectivity index (χ0n) is 13.7. The number of carbonyl (C=O) groups is 1. The van der Waals surface area contributed by atoms with Crippen molar-refractivity contribution in [3.8, 4) is 0 Å². The molecule has 0 aliphatic carbocycles. The number of sulfonamides is 1. The number of thiophene rings is 1. The van der Waals surface area contributed by atoms with Crippen LogP contribution in [0.5, 0.6) is 0 Å². The highest BCUT2D eigenvalue weighted by atomic mass is 79.9. The number of nitrogens with one attached hydrogen (secondary N) is 1. The van der Waals surface area contributed by atoms with Gasteiger partial charge >= 0.3 is 0 Å². The third kappa shape index (κ3) is 4.20. The molecule has 11 heteroatoms. The minimum Gasteiger partial charge on any atom is -0.323 e. The molecule has 2 heterocycles. The van der Waals surface area contributed by atoms with Crippen LogP contribution in [-0.2, 0) is 14.8 Å². The first-order valence-corrected chi connectivity index (χ1v) is 10.9. The van der Waals surface area contributed by atoms with Crippen molar-refractivity contribution in [3.05, 3.63) is 45.5 Å². The third-order valence-electron chi connectivity index (χ3n) is 4.26. The second-order valence-electron chi connectivity index (χ2n) is 5.95. The van der Waals surface area contributed by atoms with Gasteiger partial charge < -0.3 is 5.32 Å². The van der Waals surface area contributed by atoms with E-state index in [1.807, 2.05) is 0 Å². The molecule has 1 aromatic carbocycles. The van der Waals surface area contributed by atoms with E-state index >= 15 is 0 Å².